The summed E-state index contributed by atoms with van der Waals surface area (Å²) in [4.78, 5) is 0. The van der Waals surface area contributed by atoms with Crippen molar-refractivity contribution in [2.75, 3.05) is 33.4 Å². The van der Waals surface area contributed by atoms with Gasteiger partial charge in [0.25, 0.3) is 0 Å². The Morgan fingerprint density at radius 3 is 2.72 bits per heavy atom. The fourth-order valence-electron chi connectivity index (χ4n) is 1.59. The van der Waals surface area contributed by atoms with E-state index in [-0.39, 0.29) is 0 Å². The third-order valence-electron chi connectivity index (χ3n) is 2.47. The van der Waals surface area contributed by atoms with Crippen molar-refractivity contribution in [3.05, 3.63) is 27.2 Å². The van der Waals surface area contributed by atoms with E-state index in [4.69, 9.17) is 21.1 Å². The van der Waals surface area contributed by atoms with Gasteiger partial charge in [0.2, 0.25) is 0 Å². The maximum Gasteiger partial charge on any atom is 0.152 e. The topological polar surface area (TPSA) is 35.1 Å². The van der Waals surface area contributed by atoms with Gasteiger partial charge in [0, 0.05) is 13.5 Å². The van der Waals surface area contributed by atoms with Gasteiger partial charge in [-0.05, 0) is 40.5 Å². The number of quaternary nitrogens is 1. The van der Waals surface area contributed by atoms with Crippen LogP contribution in [0.25, 0.3) is 0 Å². The van der Waals surface area contributed by atoms with E-state index in [9.17, 15) is 0 Å². The average molecular weight is 338 g/mol. The van der Waals surface area contributed by atoms with Crippen LogP contribution >= 0.6 is 27.5 Å². The second-order valence-corrected chi connectivity index (χ2v) is 5.38. The fraction of sp³-hybridized carbons (Fsp3) is 0.538. The van der Waals surface area contributed by atoms with Gasteiger partial charge in [0.05, 0.1) is 22.6 Å². The van der Waals surface area contributed by atoms with Crippen LogP contribution < -0.4 is 10.1 Å². The molecule has 0 fully saturated rings. The Hall–Kier alpha value is -0.290. The van der Waals surface area contributed by atoms with Crippen LogP contribution in [0, 0.1) is 6.92 Å². The third-order valence-corrected chi connectivity index (χ3v) is 3.34. The first-order valence-corrected chi connectivity index (χ1v) is 7.21. The van der Waals surface area contributed by atoms with E-state index >= 15 is 0 Å². The highest BCUT2D eigenvalue weighted by Gasteiger charge is 2.07. The van der Waals surface area contributed by atoms with Crippen LogP contribution in [0.15, 0.2) is 16.6 Å². The number of methoxy groups -OCH3 is 1. The molecule has 3 nitrogen and oxygen atoms in total. The molecule has 0 bridgehead atoms. The summed E-state index contributed by atoms with van der Waals surface area (Å²) in [6.45, 7) is 5.44. The van der Waals surface area contributed by atoms with E-state index in [1.165, 1.54) is 0 Å². The Morgan fingerprint density at radius 1 is 1.28 bits per heavy atom. The third kappa shape index (κ3) is 5.57. The van der Waals surface area contributed by atoms with Crippen LogP contribution in [-0.2, 0) is 4.74 Å². The van der Waals surface area contributed by atoms with Gasteiger partial charge < -0.3 is 14.8 Å². The minimum atomic E-state index is 0.647. The minimum absolute atomic E-state index is 0.647. The Morgan fingerprint density at radius 2 is 2.06 bits per heavy atom. The monoisotopic (exact) mass is 336 g/mol. The molecule has 0 spiro atoms. The van der Waals surface area contributed by atoms with Crippen molar-refractivity contribution in [2.24, 2.45) is 0 Å². The van der Waals surface area contributed by atoms with Gasteiger partial charge in [-0.3, -0.25) is 0 Å². The van der Waals surface area contributed by atoms with Gasteiger partial charge in [-0.25, -0.2) is 0 Å². The van der Waals surface area contributed by atoms with Gasteiger partial charge in [-0.1, -0.05) is 11.6 Å². The standard InChI is InChI=1S/C13H19BrClNO2/c1-10-8-11(14)13(12(15)9-10)18-7-5-16-4-3-6-17-2/h8-9,16H,3-7H2,1-2H3/p+1. The number of rotatable bonds is 8. The van der Waals surface area contributed by atoms with Gasteiger partial charge in [0.1, 0.15) is 13.2 Å². The zero-order chi connectivity index (χ0) is 13.4. The molecule has 0 aliphatic rings. The lowest BCUT2D eigenvalue weighted by molar-refractivity contribution is -0.655. The summed E-state index contributed by atoms with van der Waals surface area (Å²) in [6, 6.07) is 3.91. The van der Waals surface area contributed by atoms with E-state index in [0.29, 0.717) is 11.6 Å². The Bertz CT molecular complexity index is 351. The molecule has 0 aliphatic heterocycles. The summed E-state index contributed by atoms with van der Waals surface area (Å²) in [5.74, 6) is 0.729. The van der Waals surface area contributed by atoms with E-state index in [2.05, 4.69) is 21.2 Å². The molecule has 0 radical (unpaired) electrons. The molecule has 0 saturated heterocycles. The van der Waals surface area contributed by atoms with Crippen LogP contribution in [0.1, 0.15) is 12.0 Å². The second kappa shape index (κ2) is 8.75. The number of ether oxygens (including phenoxy) is 2. The van der Waals surface area contributed by atoms with Crippen LogP contribution in [0.3, 0.4) is 0 Å². The number of halogens is 2. The molecule has 0 unspecified atom stereocenters. The maximum atomic E-state index is 6.13. The lowest BCUT2D eigenvalue weighted by Gasteiger charge is -2.10. The van der Waals surface area contributed by atoms with Crippen molar-refractivity contribution in [2.45, 2.75) is 13.3 Å². The second-order valence-electron chi connectivity index (χ2n) is 4.12. The summed E-state index contributed by atoms with van der Waals surface area (Å²) in [6.07, 6.45) is 1.06. The predicted molar refractivity (Wildman–Crippen MR) is 77.5 cm³/mol. The molecule has 0 saturated carbocycles. The molecule has 0 aliphatic carbocycles. The lowest BCUT2D eigenvalue weighted by atomic mass is 10.2. The summed E-state index contributed by atoms with van der Waals surface area (Å²) in [7, 11) is 1.72. The predicted octanol–water partition coefficient (Wildman–Crippen LogP) is 2.39. The van der Waals surface area contributed by atoms with E-state index in [1.807, 2.05) is 19.1 Å². The number of hydrogen-bond acceptors (Lipinski definition) is 2. The minimum Gasteiger partial charge on any atom is -0.485 e. The Labute approximate surface area is 122 Å². The normalized spacial score (nSPS) is 10.7. The SMILES string of the molecule is COCCC[NH2+]CCOc1c(Cl)cc(C)cc1Br. The maximum absolute atomic E-state index is 6.13. The van der Waals surface area contributed by atoms with E-state index in [1.54, 1.807) is 7.11 Å². The highest BCUT2D eigenvalue weighted by atomic mass is 79.9. The molecule has 102 valence electrons. The van der Waals surface area contributed by atoms with Crippen molar-refractivity contribution in [1.82, 2.24) is 0 Å². The number of benzene rings is 1. The molecule has 1 aromatic rings. The first-order valence-electron chi connectivity index (χ1n) is 6.04. The molecule has 0 aromatic heterocycles. The van der Waals surface area contributed by atoms with Crippen molar-refractivity contribution in [1.29, 1.82) is 0 Å². The van der Waals surface area contributed by atoms with Crippen LogP contribution in [0.2, 0.25) is 5.02 Å². The summed E-state index contributed by atoms with van der Waals surface area (Å²) < 4.78 is 11.6. The first-order chi connectivity index (χ1) is 8.65. The zero-order valence-corrected chi connectivity index (χ0v) is 13.2. The van der Waals surface area contributed by atoms with Gasteiger partial charge in [-0.2, -0.15) is 0 Å². The molecule has 5 heteroatoms. The molecule has 0 amide bonds. The smallest absolute Gasteiger partial charge is 0.152 e. The molecular weight excluding hydrogens is 318 g/mol. The highest BCUT2D eigenvalue weighted by molar-refractivity contribution is 9.10. The summed E-state index contributed by atoms with van der Waals surface area (Å²) in [5, 5.41) is 2.87. The number of nitrogens with two attached hydrogens (primary N) is 1. The van der Waals surface area contributed by atoms with Crippen molar-refractivity contribution in [3.8, 4) is 5.75 Å². The Balaban J connectivity index is 2.27. The van der Waals surface area contributed by atoms with Crippen LogP contribution in [-0.4, -0.2) is 33.4 Å². The van der Waals surface area contributed by atoms with Gasteiger partial charge in [-0.15, -0.1) is 0 Å². The average Bonchev–Trinajstić information content (AvgIpc) is 2.30. The van der Waals surface area contributed by atoms with E-state index < -0.39 is 0 Å². The molecular formula is C13H20BrClNO2+. The molecule has 1 rings (SSSR count). The molecule has 0 atom stereocenters. The van der Waals surface area contributed by atoms with Gasteiger partial charge >= 0.3 is 0 Å². The lowest BCUT2D eigenvalue weighted by Crippen LogP contribution is -2.85. The Kier molecular flexibility index (Phi) is 7.66. The van der Waals surface area contributed by atoms with E-state index in [0.717, 1.165) is 41.9 Å². The highest BCUT2D eigenvalue weighted by Crippen LogP contribution is 2.34. The quantitative estimate of drug-likeness (QED) is 0.739. The number of hydrogen-bond donors (Lipinski definition) is 1. The summed E-state index contributed by atoms with van der Waals surface area (Å²) >= 11 is 9.60. The fourth-order valence-corrected chi connectivity index (χ4v) is 2.72. The zero-order valence-electron chi connectivity index (χ0n) is 10.8. The number of aryl methyl sites for hydroxylation is 1. The van der Waals surface area contributed by atoms with Crippen molar-refractivity contribution < 1.29 is 14.8 Å². The molecule has 18 heavy (non-hydrogen) atoms. The molecule has 0 heterocycles. The van der Waals surface area contributed by atoms with Gasteiger partial charge in [0.15, 0.2) is 5.75 Å². The first kappa shape index (κ1) is 15.8. The summed E-state index contributed by atoms with van der Waals surface area (Å²) in [5.41, 5.74) is 1.12. The van der Waals surface area contributed by atoms with Crippen molar-refractivity contribution in [3.63, 3.8) is 0 Å². The molecule has 1 aromatic carbocycles. The van der Waals surface area contributed by atoms with Crippen LogP contribution in [0.4, 0.5) is 0 Å². The molecule has 2 N–H and O–H groups in total. The van der Waals surface area contributed by atoms with Crippen LogP contribution in [0.5, 0.6) is 5.75 Å². The van der Waals surface area contributed by atoms with Crippen molar-refractivity contribution >= 4 is 27.5 Å². The largest absolute Gasteiger partial charge is 0.485 e.